The summed E-state index contributed by atoms with van der Waals surface area (Å²) in [6, 6.07) is 5.20. The van der Waals surface area contributed by atoms with E-state index >= 15 is 0 Å². The fourth-order valence-corrected chi connectivity index (χ4v) is 5.53. The number of anilines is 2. The Morgan fingerprint density at radius 3 is 2.81 bits per heavy atom. The van der Waals surface area contributed by atoms with Gasteiger partial charge < -0.3 is 20.4 Å². The molecule has 0 radical (unpaired) electrons. The van der Waals surface area contributed by atoms with Crippen LogP contribution in [0.1, 0.15) is 27.4 Å². The Morgan fingerprint density at radius 2 is 2.06 bits per heavy atom. The Hall–Kier alpha value is -4.46. The normalized spacial score (nSPS) is 13.1. The molecule has 0 saturated heterocycles. The Bertz CT molecular complexity index is 1640. The number of nitrogens with one attached hydrogen (secondary N) is 4. The molecule has 0 unspecified atom stereocenters. The molecular formula is C22H22N8O5S. The van der Waals surface area contributed by atoms with Gasteiger partial charge in [0, 0.05) is 19.8 Å². The minimum Gasteiger partial charge on any atom is -0.482 e. The molecule has 0 spiro atoms. The van der Waals surface area contributed by atoms with Gasteiger partial charge in [-0.25, -0.2) is 18.4 Å². The SMILES string of the molecule is Cc1nn(C)c(C)c1S(=O)(=O)Nc1c[nH]c2c(C(=O)NCc3ccc4c(c3)NC(=O)CO4)ncnc12. The number of amides is 2. The smallest absolute Gasteiger partial charge is 0.272 e. The number of hydrogen-bond donors (Lipinski definition) is 4. The first-order chi connectivity index (χ1) is 17.1. The number of sulfonamides is 1. The molecule has 3 aromatic heterocycles. The second-order valence-electron chi connectivity index (χ2n) is 8.23. The van der Waals surface area contributed by atoms with Gasteiger partial charge in [-0.2, -0.15) is 5.10 Å². The number of hydrogen-bond acceptors (Lipinski definition) is 8. The van der Waals surface area contributed by atoms with Gasteiger partial charge in [-0.3, -0.25) is 19.0 Å². The highest BCUT2D eigenvalue weighted by Gasteiger charge is 2.26. The molecule has 13 nitrogen and oxygen atoms in total. The lowest BCUT2D eigenvalue weighted by molar-refractivity contribution is -0.118. The summed E-state index contributed by atoms with van der Waals surface area (Å²) in [5.74, 6) is -0.185. The lowest BCUT2D eigenvalue weighted by Crippen LogP contribution is -2.26. The summed E-state index contributed by atoms with van der Waals surface area (Å²) in [5, 5.41) is 9.66. The number of aromatic amines is 1. The number of carbonyl (C=O) groups is 2. The molecule has 14 heteroatoms. The van der Waals surface area contributed by atoms with Crippen LogP contribution in [-0.2, 0) is 28.4 Å². The van der Waals surface area contributed by atoms with E-state index < -0.39 is 15.9 Å². The van der Waals surface area contributed by atoms with E-state index in [1.54, 1.807) is 39.1 Å². The molecule has 4 aromatic rings. The van der Waals surface area contributed by atoms with Crippen LogP contribution < -0.4 is 20.1 Å². The third-order valence-electron chi connectivity index (χ3n) is 5.76. The van der Waals surface area contributed by atoms with Gasteiger partial charge in [-0.15, -0.1) is 0 Å². The van der Waals surface area contributed by atoms with Gasteiger partial charge in [0.1, 0.15) is 22.5 Å². The summed E-state index contributed by atoms with van der Waals surface area (Å²) in [5.41, 5.74) is 2.87. The van der Waals surface area contributed by atoms with Crippen molar-refractivity contribution in [3.8, 4) is 5.75 Å². The minimum atomic E-state index is -3.96. The number of aryl methyl sites for hydroxylation is 2. The van der Waals surface area contributed by atoms with E-state index in [-0.39, 0.29) is 46.4 Å². The number of ether oxygens (including phenoxy) is 1. The zero-order valence-electron chi connectivity index (χ0n) is 19.5. The van der Waals surface area contributed by atoms with Crippen LogP contribution in [0.4, 0.5) is 11.4 Å². The molecule has 1 aliphatic rings. The Kier molecular flexibility index (Phi) is 5.59. The van der Waals surface area contributed by atoms with Crippen LogP contribution in [0.5, 0.6) is 5.75 Å². The molecule has 0 atom stereocenters. The minimum absolute atomic E-state index is 0.0391. The van der Waals surface area contributed by atoms with Gasteiger partial charge in [-0.05, 0) is 31.5 Å². The van der Waals surface area contributed by atoms with Crippen molar-refractivity contribution in [3.05, 3.63) is 53.4 Å². The first-order valence-electron chi connectivity index (χ1n) is 10.8. The van der Waals surface area contributed by atoms with E-state index in [1.165, 1.54) is 17.2 Å². The largest absolute Gasteiger partial charge is 0.482 e. The number of benzene rings is 1. The maximum atomic E-state index is 13.1. The van der Waals surface area contributed by atoms with Crippen LogP contribution in [0.25, 0.3) is 11.0 Å². The molecule has 36 heavy (non-hydrogen) atoms. The highest BCUT2D eigenvalue weighted by molar-refractivity contribution is 7.92. The highest BCUT2D eigenvalue weighted by atomic mass is 32.2. The Labute approximate surface area is 205 Å². The molecule has 0 fully saturated rings. The van der Waals surface area contributed by atoms with Crippen molar-refractivity contribution in [1.29, 1.82) is 0 Å². The van der Waals surface area contributed by atoms with Crippen molar-refractivity contribution >= 4 is 44.2 Å². The second kappa shape index (κ2) is 8.64. The molecule has 1 aromatic carbocycles. The third-order valence-corrected chi connectivity index (χ3v) is 7.38. The van der Waals surface area contributed by atoms with Gasteiger partial charge in [-0.1, -0.05) is 6.07 Å². The average molecular weight is 511 g/mol. The highest BCUT2D eigenvalue weighted by Crippen LogP contribution is 2.29. The van der Waals surface area contributed by atoms with Gasteiger partial charge in [0.2, 0.25) is 0 Å². The summed E-state index contributed by atoms with van der Waals surface area (Å²) >= 11 is 0. The maximum Gasteiger partial charge on any atom is 0.272 e. The van der Waals surface area contributed by atoms with Crippen LogP contribution in [-0.4, -0.2) is 51.6 Å². The molecule has 4 N–H and O–H groups in total. The van der Waals surface area contributed by atoms with E-state index in [0.29, 0.717) is 22.8 Å². The Balaban J connectivity index is 1.36. The van der Waals surface area contributed by atoms with Crippen molar-refractivity contribution < 1.29 is 22.7 Å². The van der Waals surface area contributed by atoms with Crippen molar-refractivity contribution in [2.75, 3.05) is 16.6 Å². The molecule has 5 rings (SSSR count). The fourth-order valence-electron chi connectivity index (χ4n) is 4.03. The molecule has 0 bridgehead atoms. The predicted octanol–water partition coefficient (Wildman–Crippen LogP) is 1.37. The van der Waals surface area contributed by atoms with Crippen molar-refractivity contribution in [2.45, 2.75) is 25.3 Å². The first kappa shape index (κ1) is 23.3. The van der Waals surface area contributed by atoms with Crippen LogP contribution in [0.15, 0.2) is 35.6 Å². The molecule has 2 amide bonds. The van der Waals surface area contributed by atoms with E-state index in [4.69, 9.17) is 4.74 Å². The molecule has 186 valence electrons. The number of nitrogens with zero attached hydrogens (tertiary/aromatic N) is 4. The van der Waals surface area contributed by atoms with E-state index in [0.717, 1.165) is 5.56 Å². The average Bonchev–Trinajstić information content (AvgIpc) is 3.35. The van der Waals surface area contributed by atoms with Crippen LogP contribution >= 0.6 is 0 Å². The number of H-pyrrole nitrogens is 1. The summed E-state index contributed by atoms with van der Waals surface area (Å²) in [4.78, 5) is 35.7. The van der Waals surface area contributed by atoms with Crippen LogP contribution in [0.2, 0.25) is 0 Å². The summed E-state index contributed by atoms with van der Waals surface area (Å²) < 4.78 is 35.5. The maximum absolute atomic E-state index is 13.1. The van der Waals surface area contributed by atoms with Gasteiger partial charge in [0.15, 0.2) is 12.3 Å². The molecular weight excluding hydrogens is 488 g/mol. The Morgan fingerprint density at radius 1 is 1.25 bits per heavy atom. The van der Waals surface area contributed by atoms with Crippen molar-refractivity contribution in [3.63, 3.8) is 0 Å². The quantitative estimate of drug-likeness (QED) is 0.301. The lowest BCUT2D eigenvalue weighted by atomic mass is 10.1. The fraction of sp³-hybridized carbons (Fsp3) is 0.227. The number of rotatable bonds is 6. The predicted molar refractivity (Wildman–Crippen MR) is 129 cm³/mol. The molecule has 0 aliphatic carbocycles. The van der Waals surface area contributed by atoms with Crippen molar-refractivity contribution in [1.82, 2.24) is 30.0 Å². The number of aromatic nitrogens is 5. The number of carbonyl (C=O) groups excluding carboxylic acids is 2. The van der Waals surface area contributed by atoms with E-state index in [1.807, 2.05) is 0 Å². The lowest BCUT2D eigenvalue weighted by Gasteiger charge is -2.18. The topological polar surface area (TPSA) is 173 Å². The second-order valence-corrected chi connectivity index (χ2v) is 9.85. The standard InChI is InChI=1S/C22H22N8O5S/c1-11-21(12(2)30(3)28-11)36(33,34)29-15-8-23-19-18(15)25-10-26-20(19)22(32)24-7-13-4-5-16-14(6-13)27-17(31)9-35-16/h4-6,8,10,23,29H,7,9H2,1-3H3,(H,24,32)(H,27,31). The van der Waals surface area contributed by atoms with Gasteiger partial charge in [0.25, 0.3) is 21.8 Å². The van der Waals surface area contributed by atoms with E-state index in [2.05, 4.69) is 35.4 Å². The van der Waals surface area contributed by atoms with E-state index in [9.17, 15) is 18.0 Å². The summed E-state index contributed by atoms with van der Waals surface area (Å²) in [6.45, 7) is 3.40. The summed E-state index contributed by atoms with van der Waals surface area (Å²) in [7, 11) is -2.29. The molecule has 4 heterocycles. The monoisotopic (exact) mass is 510 g/mol. The van der Waals surface area contributed by atoms with Gasteiger partial charge >= 0.3 is 0 Å². The number of fused-ring (bicyclic) bond motifs is 2. The van der Waals surface area contributed by atoms with Gasteiger partial charge in [0.05, 0.1) is 28.3 Å². The third kappa shape index (κ3) is 4.11. The van der Waals surface area contributed by atoms with Crippen molar-refractivity contribution in [2.24, 2.45) is 7.05 Å². The zero-order valence-corrected chi connectivity index (χ0v) is 20.4. The molecule has 0 saturated carbocycles. The van der Waals surface area contributed by atoms with Crippen LogP contribution in [0, 0.1) is 13.8 Å². The zero-order chi connectivity index (χ0) is 25.6. The summed E-state index contributed by atoms with van der Waals surface area (Å²) in [6.07, 6.45) is 2.61. The van der Waals surface area contributed by atoms with Crippen LogP contribution in [0.3, 0.4) is 0 Å². The first-order valence-corrected chi connectivity index (χ1v) is 12.3. The molecule has 1 aliphatic heterocycles.